The van der Waals surface area contributed by atoms with Crippen molar-refractivity contribution in [2.45, 2.75) is 20.4 Å². The molecule has 0 aliphatic carbocycles. The number of nitrogens with zero attached hydrogens (tertiary/aromatic N) is 1. The summed E-state index contributed by atoms with van der Waals surface area (Å²) < 4.78 is 22.8. The third-order valence-corrected chi connectivity index (χ3v) is 4.62. The van der Waals surface area contributed by atoms with E-state index in [-0.39, 0.29) is 11.5 Å². The van der Waals surface area contributed by atoms with Crippen LogP contribution >= 0.6 is 0 Å². The van der Waals surface area contributed by atoms with Crippen molar-refractivity contribution in [1.82, 2.24) is 10.6 Å². The van der Waals surface area contributed by atoms with E-state index in [0.717, 1.165) is 5.56 Å². The molecule has 1 rings (SSSR count). The molecule has 1 aromatic carbocycles. The molecule has 0 spiro atoms. The van der Waals surface area contributed by atoms with Gasteiger partial charge in [-0.1, -0.05) is 36.8 Å². The lowest BCUT2D eigenvalue weighted by Gasteiger charge is -2.12. The molecule has 0 bridgehead atoms. The van der Waals surface area contributed by atoms with Crippen LogP contribution in [-0.4, -0.2) is 39.5 Å². The summed E-state index contributed by atoms with van der Waals surface area (Å²) in [6, 6.07) is 8.19. The van der Waals surface area contributed by atoms with Gasteiger partial charge in [0.15, 0.2) is 15.8 Å². The zero-order valence-electron chi connectivity index (χ0n) is 12.3. The summed E-state index contributed by atoms with van der Waals surface area (Å²) in [7, 11) is -1.27. The first-order valence-electron chi connectivity index (χ1n) is 6.67. The highest BCUT2D eigenvalue weighted by molar-refractivity contribution is 7.91. The van der Waals surface area contributed by atoms with E-state index in [1.807, 2.05) is 25.1 Å². The Bertz CT molecular complexity index is 553. The van der Waals surface area contributed by atoms with Crippen molar-refractivity contribution < 1.29 is 8.42 Å². The van der Waals surface area contributed by atoms with Gasteiger partial charge in [0.05, 0.1) is 5.75 Å². The number of hydrogen-bond acceptors (Lipinski definition) is 3. The van der Waals surface area contributed by atoms with Gasteiger partial charge in [0.25, 0.3) is 0 Å². The standard InChI is InChI=1S/C14H23N3O2S/c1-4-20(18,19)9-8-16-14(15-3)17-11-13-7-5-6-12(2)10-13/h5-7,10H,4,8-9,11H2,1-3H3,(H2,15,16,17). The molecule has 0 aliphatic rings. The summed E-state index contributed by atoms with van der Waals surface area (Å²) >= 11 is 0. The van der Waals surface area contributed by atoms with Gasteiger partial charge in [-0.3, -0.25) is 4.99 Å². The van der Waals surface area contributed by atoms with Crippen molar-refractivity contribution in [1.29, 1.82) is 0 Å². The van der Waals surface area contributed by atoms with Crippen LogP contribution in [0.2, 0.25) is 0 Å². The van der Waals surface area contributed by atoms with Crippen LogP contribution in [0.25, 0.3) is 0 Å². The van der Waals surface area contributed by atoms with Crippen LogP contribution in [-0.2, 0) is 16.4 Å². The Balaban J connectivity index is 2.41. The Kier molecular flexibility index (Phi) is 6.51. The minimum Gasteiger partial charge on any atom is -0.355 e. The number of sulfone groups is 1. The Morgan fingerprint density at radius 2 is 2.05 bits per heavy atom. The highest BCUT2D eigenvalue weighted by Crippen LogP contribution is 2.02. The SMILES string of the molecule is CCS(=O)(=O)CCNC(=NC)NCc1cccc(C)c1. The molecule has 20 heavy (non-hydrogen) atoms. The van der Waals surface area contributed by atoms with Gasteiger partial charge < -0.3 is 10.6 Å². The van der Waals surface area contributed by atoms with Crippen molar-refractivity contribution in [2.75, 3.05) is 25.1 Å². The quantitative estimate of drug-likeness (QED) is 0.609. The Morgan fingerprint density at radius 1 is 1.30 bits per heavy atom. The number of guanidine groups is 1. The van der Waals surface area contributed by atoms with Gasteiger partial charge in [-0.05, 0) is 12.5 Å². The van der Waals surface area contributed by atoms with E-state index in [1.165, 1.54) is 5.56 Å². The average Bonchev–Trinajstić information content (AvgIpc) is 2.42. The normalized spacial score (nSPS) is 12.2. The molecule has 0 atom stereocenters. The molecular formula is C14H23N3O2S. The Hall–Kier alpha value is -1.56. The van der Waals surface area contributed by atoms with Crippen molar-refractivity contribution >= 4 is 15.8 Å². The molecule has 0 amide bonds. The van der Waals surface area contributed by atoms with E-state index in [9.17, 15) is 8.42 Å². The number of aliphatic imine (C=N–C) groups is 1. The van der Waals surface area contributed by atoms with Crippen LogP contribution in [0.3, 0.4) is 0 Å². The topological polar surface area (TPSA) is 70.6 Å². The van der Waals surface area contributed by atoms with E-state index in [2.05, 4.69) is 21.7 Å². The van der Waals surface area contributed by atoms with Crippen LogP contribution in [0.15, 0.2) is 29.3 Å². The molecule has 2 N–H and O–H groups in total. The van der Waals surface area contributed by atoms with E-state index >= 15 is 0 Å². The monoisotopic (exact) mass is 297 g/mol. The maximum Gasteiger partial charge on any atom is 0.191 e. The Labute approximate surface area is 121 Å². The van der Waals surface area contributed by atoms with Gasteiger partial charge in [0.2, 0.25) is 0 Å². The first-order chi connectivity index (χ1) is 9.46. The molecule has 5 nitrogen and oxygen atoms in total. The van der Waals surface area contributed by atoms with E-state index in [0.29, 0.717) is 19.0 Å². The molecule has 1 aromatic rings. The highest BCUT2D eigenvalue weighted by Gasteiger charge is 2.07. The third kappa shape index (κ3) is 6.06. The number of hydrogen-bond donors (Lipinski definition) is 2. The van der Waals surface area contributed by atoms with Crippen LogP contribution in [0, 0.1) is 6.92 Å². The molecule has 0 aliphatic heterocycles. The van der Waals surface area contributed by atoms with Gasteiger partial charge in [-0.2, -0.15) is 0 Å². The average molecular weight is 297 g/mol. The summed E-state index contributed by atoms with van der Waals surface area (Å²) in [5.41, 5.74) is 2.37. The van der Waals surface area contributed by atoms with Crippen molar-refractivity contribution in [3.63, 3.8) is 0 Å². The molecule has 0 saturated carbocycles. The number of rotatable bonds is 6. The lowest BCUT2D eigenvalue weighted by atomic mass is 10.1. The molecule has 0 unspecified atom stereocenters. The summed E-state index contributed by atoms with van der Waals surface area (Å²) in [4.78, 5) is 4.07. The van der Waals surface area contributed by atoms with Gasteiger partial charge in [-0.25, -0.2) is 8.42 Å². The zero-order chi connectivity index (χ0) is 15.0. The highest BCUT2D eigenvalue weighted by atomic mass is 32.2. The predicted molar refractivity (Wildman–Crippen MR) is 83.7 cm³/mol. The fourth-order valence-electron chi connectivity index (χ4n) is 1.70. The zero-order valence-corrected chi connectivity index (χ0v) is 13.1. The van der Waals surface area contributed by atoms with Crippen molar-refractivity contribution in [3.05, 3.63) is 35.4 Å². The molecule has 0 heterocycles. The number of nitrogens with one attached hydrogen (secondary N) is 2. The van der Waals surface area contributed by atoms with Crippen molar-refractivity contribution in [3.8, 4) is 0 Å². The number of aryl methyl sites for hydroxylation is 1. The summed E-state index contributed by atoms with van der Waals surface area (Å²) in [5, 5.41) is 6.17. The number of benzene rings is 1. The maximum absolute atomic E-state index is 11.4. The lowest BCUT2D eigenvalue weighted by molar-refractivity contribution is 0.595. The van der Waals surface area contributed by atoms with E-state index in [4.69, 9.17) is 0 Å². The molecule has 0 saturated heterocycles. The fourth-order valence-corrected chi connectivity index (χ4v) is 2.40. The largest absolute Gasteiger partial charge is 0.355 e. The smallest absolute Gasteiger partial charge is 0.191 e. The summed E-state index contributed by atoms with van der Waals surface area (Å²) in [6.07, 6.45) is 0. The van der Waals surface area contributed by atoms with Crippen molar-refractivity contribution in [2.24, 2.45) is 4.99 Å². The van der Waals surface area contributed by atoms with Crippen LogP contribution in [0.5, 0.6) is 0 Å². The first kappa shape index (κ1) is 16.5. The summed E-state index contributed by atoms with van der Waals surface area (Å²) in [6.45, 7) is 4.72. The van der Waals surface area contributed by atoms with Crippen LogP contribution < -0.4 is 10.6 Å². The third-order valence-electron chi connectivity index (χ3n) is 2.91. The minimum atomic E-state index is -2.94. The lowest BCUT2D eigenvalue weighted by Crippen LogP contribution is -2.39. The van der Waals surface area contributed by atoms with Crippen LogP contribution in [0.4, 0.5) is 0 Å². The molecule has 0 fully saturated rings. The minimum absolute atomic E-state index is 0.120. The van der Waals surface area contributed by atoms with Crippen LogP contribution in [0.1, 0.15) is 18.1 Å². The summed E-state index contributed by atoms with van der Waals surface area (Å²) in [5.74, 6) is 0.899. The molecule has 0 radical (unpaired) electrons. The second-order valence-electron chi connectivity index (χ2n) is 4.58. The van der Waals surface area contributed by atoms with Gasteiger partial charge >= 0.3 is 0 Å². The first-order valence-corrected chi connectivity index (χ1v) is 8.49. The maximum atomic E-state index is 11.4. The van der Waals surface area contributed by atoms with E-state index in [1.54, 1.807) is 14.0 Å². The predicted octanol–water partition coefficient (Wildman–Crippen LogP) is 1.09. The second kappa shape index (κ2) is 7.89. The van der Waals surface area contributed by atoms with E-state index < -0.39 is 9.84 Å². The molecule has 6 heteroatoms. The second-order valence-corrected chi connectivity index (χ2v) is 7.05. The molecule has 0 aromatic heterocycles. The van der Waals surface area contributed by atoms with Gasteiger partial charge in [-0.15, -0.1) is 0 Å². The molecular weight excluding hydrogens is 274 g/mol. The fraction of sp³-hybridized carbons (Fsp3) is 0.500. The molecule has 112 valence electrons. The van der Waals surface area contributed by atoms with Gasteiger partial charge in [0.1, 0.15) is 0 Å². The van der Waals surface area contributed by atoms with Gasteiger partial charge in [0, 0.05) is 25.9 Å². The Morgan fingerprint density at radius 3 is 2.65 bits per heavy atom.